The Labute approximate surface area is 109 Å². The molecule has 0 fully saturated rings. The molecule has 3 heteroatoms. The van der Waals surface area contributed by atoms with E-state index in [9.17, 15) is 0 Å². The number of nitrogens with one attached hydrogen (secondary N) is 1. The van der Waals surface area contributed by atoms with Crippen molar-refractivity contribution in [3.63, 3.8) is 0 Å². The molecule has 0 radical (unpaired) electrons. The highest BCUT2D eigenvalue weighted by atomic mass is 15.1. The highest BCUT2D eigenvalue weighted by molar-refractivity contribution is 5.78. The quantitative estimate of drug-likeness (QED) is 0.789. The van der Waals surface area contributed by atoms with Gasteiger partial charge in [-0.3, -0.25) is 9.88 Å². The lowest BCUT2D eigenvalue weighted by Crippen LogP contribution is -2.29. The first-order valence-corrected chi connectivity index (χ1v) is 6.53. The van der Waals surface area contributed by atoms with Gasteiger partial charge in [0.05, 0.1) is 11.2 Å². The van der Waals surface area contributed by atoms with E-state index in [1.807, 2.05) is 12.1 Å². The van der Waals surface area contributed by atoms with E-state index >= 15 is 0 Å². The molecule has 1 heterocycles. The van der Waals surface area contributed by atoms with Crippen LogP contribution in [0, 0.1) is 0 Å². The highest BCUT2D eigenvalue weighted by Crippen LogP contribution is 2.12. The van der Waals surface area contributed by atoms with E-state index in [0.29, 0.717) is 0 Å². The summed E-state index contributed by atoms with van der Waals surface area (Å²) in [6.45, 7) is 6.13. The maximum absolute atomic E-state index is 4.68. The van der Waals surface area contributed by atoms with Crippen LogP contribution in [0.1, 0.15) is 12.6 Å². The monoisotopic (exact) mass is 243 g/mol. The lowest BCUT2D eigenvalue weighted by molar-refractivity contribution is 0.322. The number of hydrogen-bond donors (Lipinski definition) is 1. The average Bonchev–Trinajstić information content (AvgIpc) is 2.39. The number of para-hydroxylation sites is 1. The van der Waals surface area contributed by atoms with Gasteiger partial charge in [0.15, 0.2) is 0 Å². The molecule has 1 aromatic carbocycles. The zero-order valence-electron chi connectivity index (χ0n) is 11.2. The molecule has 0 atom stereocenters. The van der Waals surface area contributed by atoms with Gasteiger partial charge in [-0.15, -0.1) is 0 Å². The average molecular weight is 243 g/mol. The van der Waals surface area contributed by atoms with Crippen molar-refractivity contribution in [2.45, 2.75) is 13.5 Å². The summed E-state index contributed by atoms with van der Waals surface area (Å²) in [5.74, 6) is 0. The van der Waals surface area contributed by atoms with E-state index in [2.05, 4.69) is 53.4 Å². The first-order chi connectivity index (χ1) is 8.79. The van der Waals surface area contributed by atoms with Crippen molar-refractivity contribution >= 4 is 10.9 Å². The Balaban J connectivity index is 1.98. The Morgan fingerprint density at radius 2 is 2.00 bits per heavy atom. The summed E-state index contributed by atoms with van der Waals surface area (Å²) in [6, 6.07) is 12.5. The lowest BCUT2D eigenvalue weighted by atomic mass is 10.2. The van der Waals surface area contributed by atoms with Gasteiger partial charge in [-0.2, -0.15) is 0 Å². The summed E-state index contributed by atoms with van der Waals surface area (Å²) in [5.41, 5.74) is 2.21. The molecule has 2 rings (SSSR count). The molecular formula is C15H21N3. The predicted octanol–water partition coefficient (Wildman–Crippen LogP) is 2.28. The van der Waals surface area contributed by atoms with Gasteiger partial charge in [-0.1, -0.05) is 31.2 Å². The normalized spacial score (nSPS) is 11.3. The van der Waals surface area contributed by atoms with Crippen molar-refractivity contribution in [1.82, 2.24) is 15.2 Å². The minimum absolute atomic E-state index is 0.899. The number of nitrogens with zero attached hydrogens (tertiary/aromatic N) is 2. The molecule has 0 aliphatic heterocycles. The van der Waals surface area contributed by atoms with Crippen LogP contribution in [0.3, 0.4) is 0 Å². The molecule has 0 aliphatic rings. The smallest absolute Gasteiger partial charge is 0.0705 e. The van der Waals surface area contributed by atoms with E-state index in [0.717, 1.165) is 37.4 Å². The molecular weight excluding hydrogens is 222 g/mol. The molecule has 96 valence electrons. The van der Waals surface area contributed by atoms with Crippen molar-refractivity contribution in [3.05, 3.63) is 42.1 Å². The van der Waals surface area contributed by atoms with E-state index in [-0.39, 0.29) is 0 Å². The van der Waals surface area contributed by atoms with E-state index in [4.69, 9.17) is 0 Å². The largest absolute Gasteiger partial charge is 0.316 e. The zero-order chi connectivity index (χ0) is 12.8. The van der Waals surface area contributed by atoms with Gasteiger partial charge in [0.2, 0.25) is 0 Å². The summed E-state index contributed by atoms with van der Waals surface area (Å²) < 4.78 is 0. The second-order valence-electron chi connectivity index (χ2n) is 4.59. The molecule has 0 spiro atoms. The fraction of sp³-hybridized carbons (Fsp3) is 0.400. The van der Waals surface area contributed by atoms with Crippen LogP contribution in [0.5, 0.6) is 0 Å². The number of likely N-dealkylation sites (N-methyl/N-ethyl adjacent to an activating group) is 2. The Hall–Kier alpha value is -1.45. The van der Waals surface area contributed by atoms with Gasteiger partial charge in [0, 0.05) is 25.0 Å². The Bertz CT molecular complexity index is 496. The molecule has 0 bridgehead atoms. The third kappa shape index (κ3) is 3.52. The number of pyridine rings is 1. The number of aromatic nitrogens is 1. The summed E-state index contributed by atoms with van der Waals surface area (Å²) in [7, 11) is 2.13. The third-order valence-electron chi connectivity index (χ3n) is 3.01. The SMILES string of the molecule is CCNCCN(C)Cc1ccc2ccccc2n1. The minimum Gasteiger partial charge on any atom is -0.316 e. The molecule has 0 saturated heterocycles. The van der Waals surface area contributed by atoms with Gasteiger partial charge in [0.25, 0.3) is 0 Å². The lowest BCUT2D eigenvalue weighted by Gasteiger charge is -2.16. The Morgan fingerprint density at radius 1 is 1.17 bits per heavy atom. The van der Waals surface area contributed by atoms with Crippen molar-refractivity contribution in [2.75, 3.05) is 26.7 Å². The van der Waals surface area contributed by atoms with Crippen LogP contribution in [-0.4, -0.2) is 36.6 Å². The Kier molecular flexibility index (Phi) is 4.67. The first kappa shape index (κ1) is 13.0. The summed E-state index contributed by atoms with van der Waals surface area (Å²) >= 11 is 0. The van der Waals surface area contributed by atoms with Crippen LogP contribution in [0.25, 0.3) is 10.9 Å². The molecule has 3 nitrogen and oxygen atoms in total. The third-order valence-corrected chi connectivity index (χ3v) is 3.01. The Morgan fingerprint density at radius 3 is 2.83 bits per heavy atom. The highest BCUT2D eigenvalue weighted by Gasteiger charge is 2.02. The summed E-state index contributed by atoms with van der Waals surface area (Å²) in [4.78, 5) is 6.97. The number of fused-ring (bicyclic) bond motifs is 1. The molecule has 0 saturated carbocycles. The van der Waals surface area contributed by atoms with Crippen LogP contribution >= 0.6 is 0 Å². The van der Waals surface area contributed by atoms with E-state index in [1.165, 1.54) is 5.39 Å². The second-order valence-corrected chi connectivity index (χ2v) is 4.59. The molecule has 2 aromatic rings. The van der Waals surface area contributed by atoms with Gasteiger partial charge >= 0.3 is 0 Å². The van der Waals surface area contributed by atoms with Gasteiger partial charge in [0.1, 0.15) is 0 Å². The van der Waals surface area contributed by atoms with Gasteiger partial charge in [-0.25, -0.2) is 0 Å². The van der Waals surface area contributed by atoms with Crippen molar-refractivity contribution < 1.29 is 0 Å². The van der Waals surface area contributed by atoms with Crippen molar-refractivity contribution in [1.29, 1.82) is 0 Å². The van der Waals surface area contributed by atoms with Gasteiger partial charge < -0.3 is 5.32 Å². The summed E-state index contributed by atoms with van der Waals surface area (Å²) in [5, 5.41) is 4.54. The summed E-state index contributed by atoms with van der Waals surface area (Å²) in [6.07, 6.45) is 0. The molecule has 18 heavy (non-hydrogen) atoms. The second kappa shape index (κ2) is 6.47. The van der Waals surface area contributed by atoms with Crippen molar-refractivity contribution in [2.24, 2.45) is 0 Å². The number of hydrogen-bond acceptors (Lipinski definition) is 3. The first-order valence-electron chi connectivity index (χ1n) is 6.53. The maximum atomic E-state index is 4.68. The number of rotatable bonds is 6. The standard InChI is InChI=1S/C15H21N3/c1-3-16-10-11-18(2)12-14-9-8-13-6-4-5-7-15(13)17-14/h4-9,16H,3,10-12H2,1-2H3. The van der Waals surface area contributed by atoms with Crippen LogP contribution in [0.2, 0.25) is 0 Å². The number of benzene rings is 1. The fourth-order valence-electron chi connectivity index (χ4n) is 2.00. The zero-order valence-corrected chi connectivity index (χ0v) is 11.2. The van der Waals surface area contributed by atoms with E-state index in [1.54, 1.807) is 0 Å². The molecule has 0 aliphatic carbocycles. The molecule has 1 N–H and O–H groups in total. The molecule has 1 aromatic heterocycles. The van der Waals surface area contributed by atoms with Crippen LogP contribution in [0.15, 0.2) is 36.4 Å². The van der Waals surface area contributed by atoms with E-state index < -0.39 is 0 Å². The fourth-order valence-corrected chi connectivity index (χ4v) is 2.00. The molecule has 0 amide bonds. The molecule has 0 unspecified atom stereocenters. The predicted molar refractivity (Wildman–Crippen MR) is 76.6 cm³/mol. The van der Waals surface area contributed by atoms with Crippen LogP contribution in [-0.2, 0) is 6.54 Å². The van der Waals surface area contributed by atoms with Gasteiger partial charge in [-0.05, 0) is 25.7 Å². The topological polar surface area (TPSA) is 28.2 Å². The van der Waals surface area contributed by atoms with Crippen LogP contribution in [0.4, 0.5) is 0 Å². The minimum atomic E-state index is 0.899. The van der Waals surface area contributed by atoms with Crippen LogP contribution < -0.4 is 5.32 Å². The maximum Gasteiger partial charge on any atom is 0.0705 e. The van der Waals surface area contributed by atoms with Crippen molar-refractivity contribution in [3.8, 4) is 0 Å².